The van der Waals surface area contributed by atoms with E-state index < -0.39 is 0 Å². The number of carbonyl (C=O) groups is 1. The summed E-state index contributed by atoms with van der Waals surface area (Å²) in [4.78, 5) is 17.3. The smallest absolute Gasteiger partial charge is 0.275 e. The minimum Gasteiger partial charge on any atom is -0.495 e. The standard InChI is InChI=1S/C14H12ClN3O2S/c1-8-7-21-14-17-11(6-18(8)14)13(19)16-9-3-4-12(20-2)10(15)5-9/h3-7H,1-2H3,(H,16,19). The van der Waals surface area contributed by atoms with Gasteiger partial charge in [-0.2, -0.15) is 0 Å². The maximum atomic E-state index is 12.2. The first-order valence-corrected chi connectivity index (χ1v) is 7.42. The van der Waals surface area contributed by atoms with Gasteiger partial charge in [0.25, 0.3) is 5.91 Å². The molecule has 7 heteroatoms. The summed E-state index contributed by atoms with van der Waals surface area (Å²) < 4.78 is 6.96. The number of thiazole rings is 1. The van der Waals surface area contributed by atoms with Crippen LogP contribution in [0.3, 0.4) is 0 Å². The van der Waals surface area contributed by atoms with E-state index in [1.54, 1.807) is 31.5 Å². The number of benzene rings is 1. The lowest BCUT2D eigenvalue weighted by atomic mass is 10.3. The molecule has 0 radical (unpaired) electrons. The molecule has 2 heterocycles. The average molecular weight is 322 g/mol. The third kappa shape index (κ3) is 2.59. The van der Waals surface area contributed by atoms with Crippen molar-refractivity contribution < 1.29 is 9.53 Å². The van der Waals surface area contributed by atoms with Gasteiger partial charge in [0.2, 0.25) is 0 Å². The molecule has 0 fully saturated rings. The van der Waals surface area contributed by atoms with Crippen LogP contribution in [-0.2, 0) is 0 Å². The molecule has 0 atom stereocenters. The quantitative estimate of drug-likeness (QED) is 0.801. The normalized spacial score (nSPS) is 10.8. The van der Waals surface area contributed by atoms with Gasteiger partial charge in [-0.3, -0.25) is 9.20 Å². The highest BCUT2D eigenvalue weighted by molar-refractivity contribution is 7.15. The number of anilines is 1. The number of nitrogens with one attached hydrogen (secondary N) is 1. The van der Waals surface area contributed by atoms with Gasteiger partial charge >= 0.3 is 0 Å². The van der Waals surface area contributed by atoms with Crippen molar-refractivity contribution in [1.29, 1.82) is 0 Å². The first kappa shape index (κ1) is 13.9. The van der Waals surface area contributed by atoms with Crippen LogP contribution in [-0.4, -0.2) is 22.4 Å². The Bertz CT molecular complexity index is 825. The fourth-order valence-corrected chi connectivity index (χ4v) is 3.05. The highest BCUT2D eigenvalue weighted by atomic mass is 35.5. The summed E-state index contributed by atoms with van der Waals surface area (Å²) in [5.41, 5.74) is 2.02. The molecule has 5 nitrogen and oxygen atoms in total. The summed E-state index contributed by atoms with van der Waals surface area (Å²) in [6, 6.07) is 5.07. The molecule has 3 aromatic rings. The van der Waals surface area contributed by atoms with Gasteiger partial charge in [-0.25, -0.2) is 4.98 Å². The third-order valence-corrected chi connectivity index (χ3v) is 4.28. The average Bonchev–Trinajstić information content (AvgIpc) is 3.02. The second-order valence-electron chi connectivity index (χ2n) is 4.46. The lowest BCUT2D eigenvalue weighted by Gasteiger charge is -2.06. The number of nitrogens with zero attached hydrogens (tertiary/aromatic N) is 2. The molecule has 0 bridgehead atoms. The van der Waals surface area contributed by atoms with Crippen molar-refractivity contribution in [2.24, 2.45) is 0 Å². The summed E-state index contributed by atoms with van der Waals surface area (Å²) in [6.45, 7) is 1.97. The molecular weight excluding hydrogens is 310 g/mol. The maximum absolute atomic E-state index is 12.2. The molecule has 1 amide bonds. The molecule has 0 unspecified atom stereocenters. The van der Waals surface area contributed by atoms with E-state index >= 15 is 0 Å². The van der Waals surface area contributed by atoms with E-state index in [9.17, 15) is 4.79 Å². The number of ether oxygens (including phenoxy) is 1. The van der Waals surface area contributed by atoms with Crippen LogP contribution in [0.15, 0.2) is 29.8 Å². The SMILES string of the molecule is COc1ccc(NC(=O)c2cn3c(C)csc3n2)cc1Cl. The number of aromatic nitrogens is 2. The highest BCUT2D eigenvalue weighted by Crippen LogP contribution is 2.27. The predicted octanol–water partition coefficient (Wildman–Crippen LogP) is 3.62. The van der Waals surface area contributed by atoms with E-state index in [4.69, 9.17) is 16.3 Å². The van der Waals surface area contributed by atoms with Crippen molar-refractivity contribution >= 4 is 39.5 Å². The molecule has 21 heavy (non-hydrogen) atoms. The molecular formula is C14H12ClN3O2S. The lowest BCUT2D eigenvalue weighted by Crippen LogP contribution is -2.12. The van der Waals surface area contributed by atoms with Crippen molar-refractivity contribution in [3.05, 3.63) is 46.2 Å². The van der Waals surface area contributed by atoms with Gasteiger partial charge < -0.3 is 10.1 Å². The molecule has 0 spiro atoms. The summed E-state index contributed by atoms with van der Waals surface area (Å²) in [6.07, 6.45) is 1.72. The second kappa shape index (κ2) is 5.38. The second-order valence-corrected chi connectivity index (χ2v) is 5.70. The van der Waals surface area contributed by atoms with Crippen LogP contribution in [0, 0.1) is 6.92 Å². The molecule has 0 aliphatic rings. The first-order chi connectivity index (χ1) is 10.1. The Kier molecular flexibility index (Phi) is 3.57. The number of halogens is 1. The number of fused-ring (bicyclic) bond motifs is 1. The van der Waals surface area contributed by atoms with E-state index in [0.717, 1.165) is 10.7 Å². The number of methoxy groups -OCH3 is 1. The van der Waals surface area contributed by atoms with Gasteiger partial charge in [0.15, 0.2) is 4.96 Å². The molecule has 3 rings (SSSR count). The summed E-state index contributed by atoms with van der Waals surface area (Å²) >= 11 is 7.53. The van der Waals surface area contributed by atoms with Gasteiger partial charge in [0.05, 0.1) is 12.1 Å². The number of hydrogen-bond acceptors (Lipinski definition) is 4. The topological polar surface area (TPSA) is 55.6 Å². The first-order valence-electron chi connectivity index (χ1n) is 6.16. The zero-order chi connectivity index (χ0) is 15.0. The molecule has 0 aliphatic heterocycles. The zero-order valence-corrected chi connectivity index (χ0v) is 13.0. The molecule has 2 aromatic heterocycles. The van der Waals surface area contributed by atoms with Gasteiger partial charge in [-0.05, 0) is 25.1 Å². The monoisotopic (exact) mass is 321 g/mol. The molecule has 108 valence electrons. The Morgan fingerprint density at radius 3 is 2.95 bits per heavy atom. The number of imidazole rings is 1. The largest absolute Gasteiger partial charge is 0.495 e. The van der Waals surface area contributed by atoms with Gasteiger partial charge in [-0.15, -0.1) is 11.3 Å². The molecule has 0 aliphatic carbocycles. The van der Waals surface area contributed by atoms with Crippen LogP contribution in [0.2, 0.25) is 5.02 Å². The number of hydrogen-bond donors (Lipinski definition) is 1. The van der Waals surface area contributed by atoms with Crippen LogP contribution in [0.1, 0.15) is 16.2 Å². The fraction of sp³-hybridized carbons (Fsp3) is 0.143. The van der Waals surface area contributed by atoms with E-state index in [1.807, 2.05) is 16.7 Å². The Hall–Kier alpha value is -2.05. The molecule has 0 saturated carbocycles. The number of aryl methyl sites for hydroxylation is 1. The van der Waals surface area contributed by atoms with Gasteiger partial charge in [-0.1, -0.05) is 11.6 Å². The highest BCUT2D eigenvalue weighted by Gasteiger charge is 2.13. The Morgan fingerprint density at radius 2 is 2.29 bits per heavy atom. The molecule has 0 saturated heterocycles. The number of amides is 1. The van der Waals surface area contributed by atoms with E-state index in [-0.39, 0.29) is 5.91 Å². The van der Waals surface area contributed by atoms with Crippen molar-refractivity contribution in [3.63, 3.8) is 0 Å². The van der Waals surface area contributed by atoms with Crippen LogP contribution in [0.4, 0.5) is 5.69 Å². The number of carbonyl (C=O) groups excluding carboxylic acids is 1. The van der Waals surface area contributed by atoms with Gasteiger partial charge in [0.1, 0.15) is 11.4 Å². The summed E-state index contributed by atoms with van der Waals surface area (Å²) in [7, 11) is 1.54. The van der Waals surface area contributed by atoms with Crippen LogP contribution >= 0.6 is 22.9 Å². The number of rotatable bonds is 3. The van der Waals surface area contributed by atoms with E-state index in [2.05, 4.69) is 10.3 Å². The summed E-state index contributed by atoms with van der Waals surface area (Å²) in [5, 5.41) is 5.21. The Morgan fingerprint density at radius 1 is 1.48 bits per heavy atom. The fourth-order valence-electron chi connectivity index (χ4n) is 1.94. The van der Waals surface area contributed by atoms with Crippen LogP contribution in [0.5, 0.6) is 5.75 Å². The molecule has 1 N–H and O–H groups in total. The molecule has 1 aromatic carbocycles. The third-order valence-electron chi connectivity index (χ3n) is 3.03. The van der Waals surface area contributed by atoms with Crippen LogP contribution in [0.25, 0.3) is 4.96 Å². The Labute approximate surface area is 130 Å². The van der Waals surface area contributed by atoms with E-state index in [1.165, 1.54) is 11.3 Å². The Balaban J connectivity index is 1.83. The maximum Gasteiger partial charge on any atom is 0.275 e. The van der Waals surface area contributed by atoms with Crippen molar-refractivity contribution in [2.45, 2.75) is 6.92 Å². The van der Waals surface area contributed by atoms with E-state index in [0.29, 0.717) is 22.2 Å². The van der Waals surface area contributed by atoms with Crippen molar-refractivity contribution in [1.82, 2.24) is 9.38 Å². The zero-order valence-electron chi connectivity index (χ0n) is 11.4. The summed E-state index contributed by atoms with van der Waals surface area (Å²) in [5.74, 6) is 0.291. The van der Waals surface area contributed by atoms with Crippen molar-refractivity contribution in [2.75, 3.05) is 12.4 Å². The predicted molar refractivity (Wildman–Crippen MR) is 83.8 cm³/mol. The van der Waals surface area contributed by atoms with Crippen molar-refractivity contribution in [3.8, 4) is 5.75 Å². The lowest BCUT2D eigenvalue weighted by molar-refractivity contribution is 0.102. The minimum atomic E-state index is -0.272. The van der Waals surface area contributed by atoms with Crippen LogP contribution < -0.4 is 10.1 Å². The van der Waals surface area contributed by atoms with Gasteiger partial charge in [0, 0.05) is 23.0 Å². The minimum absolute atomic E-state index is 0.272.